The van der Waals surface area contributed by atoms with Crippen molar-refractivity contribution in [3.8, 4) is 5.75 Å². The van der Waals surface area contributed by atoms with E-state index in [1.807, 2.05) is 72.8 Å². The lowest BCUT2D eigenvalue weighted by molar-refractivity contribution is -0.130. The molecule has 0 unspecified atom stereocenters. The van der Waals surface area contributed by atoms with Crippen LogP contribution in [0.2, 0.25) is 0 Å². The SMILES string of the molecule is COc1cc2c(cc1NC(=O)C1CCN(C(=O)/C=C/c3ccccc3)CC1)oc1ccccc12. The van der Waals surface area contributed by atoms with Crippen molar-refractivity contribution in [3.63, 3.8) is 0 Å². The van der Waals surface area contributed by atoms with E-state index >= 15 is 0 Å². The van der Waals surface area contributed by atoms with E-state index in [4.69, 9.17) is 9.15 Å². The van der Waals surface area contributed by atoms with Gasteiger partial charge in [-0.2, -0.15) is 0 Å². The van der Waals surface area contributed by atoms with Gasteiger partial charge in [0.1, 0.15) is 16.9 Å². The zero-order valence-corrected chi connectivity index (χ0v) is 19.0. The first-order valence-electron chi connectivity index (χ1n) is 11.4. The van der Waals surface area contributed by atoms with E-state index in [1.54, 1.807) is 18.1 Å². The highest BCUT2D eigenvalue weighted by Gasteiger charge is 2.27. The fraction of sp³-hybridized carbons (Fsp3) is 0.214. The van der Waals surface area contributed by atoms with Crippen LogP contribution >= 0.6 is 0 Å². The quantitative estimate of drug-likeness (QED) is 0.405. The van der Waals surface area contributed by atoms with E-state index in [9.17, 15) is 9.59 Å². The first-order chi connectivity index (χ1) is 16.6. The molecule has 1 aliphatic heterocycles. The van der Waals surface area contributed by atoms with E-state index in [-0.39, 0.29) is 17.7 Å². The topological polar surface area (TPSA) is 71.8 Å². The molecule has 3 aromatic carbocycles. The molecule has 1 saturated heterocycles. The maximum Gasteiger partial charge on any atom is 0.246 e. The Morgan fingerprint density at radius 3 is 2.47 bits per heavy atom. The van der Waals surface area contributed by atoms with Gasteiger partial charge in [-0.3, -0.25) is 9.59 Å². The second kappa shape index (κ2) is 9.43. The van der Waals surface area contributed by atoms with Crippen LogP contribution in [0.3, 0.4) is 0 Å². The smallest absolute Gasteiger partial charge is 0.246 e. The van der Waals surface area contributed by atoms with Gasteiger partial charge < -0.3 is 19.4 Å². The Balaban J connectivity index is 1.24. The van der Waals surface area contributed by atoms with Gasteiger partial charge in [0.25, 0.3) is 0 Å². The van der Waals surface area contributed by atoms with E-state index in [0.29, 0.717) is 43.0 Å². The number of carbonyl (C=O) groups is 2. The molecule has 0 spiro atoms. The summed E-state index contributed by atoms with van der Waals surface area (Å²) >= 11 is 0. The minimum absolute atomic E-state index is 0.0280. The van der Waals surface area contributed by atoms with Gasteiger partial charge in [0.05, 0.1) is 12.8 Å². The Morgan fingerprint density at radius 1 is 0.971 bits per heavy atom. The number of amides is 2. The lowest BCUT2D eigenvalue weighted by Gasteiger charge is -2.30. The number of ether oxygens (including phenoxy) is 1. The van der Waals surface area contributed by atoms with Crippen molar-refractivity contribution in [2.75, 3.05) is 25.5 Å². The van der Waals surface area contributed by atoms with Gasteiger partial charge in [-0.05, 0) is 36.6 Å². The number of methoxy groups -OCH3 is 1. The first-order valence-corrected chi connectivity index (χ1v) is 11.4. The van der Waals surface area contributed by atoms with Crippen molar-refractivity contribution in [3.05, 3.63) is 78.4 Å². The molecule has 2 heterocycles. The highest BCUT2D eigenvalue weighted by atomic mass is 16.5. The van der Waals surface area contributed by atoms with Gasteiger partial charge in [-0.15, -0.1) is 0 Å². The summed E-state index contributed by atoms with van der Waals surface area (Å²) in [5.74, 6) is 0.324. The molecule has 1 N–H and O–H groups in total. The fourth-order valence-electron chi connectivity index (χ4n) is 4.45. The number of carbonyl (C=O) groups excluding carboxylic acids is 2. The van der Waals surface area contributed by atoms with Gasteiger partial charge in [-0.1, -0.05) is 48.5 Å². The molecule has 0 saturated carbocycles. The summed E-state index contributed by atoms with van der Waals surface area (Å²) < 4.78 is 11.5. The molecule has 0 radical (unpaired) electrons. The number of furan rings is 1. The third kappa shape index (κ3) is 4.39. The summed E-state index contributed by atoms with van der Waals surface area (Å²) in [5.41, 5.74) is 3.06. The number of hydrogen-bond donors (Lipinski definition) is 1. The van der Waals surface area contributed by atoms with E-state index in [2.05, 4.69) is 5.32 Å². The maximum atomic E-state index is 13.0. The average molecular weight is 455 g/mol. The van der Waals surface area contributed by atoms with Gasteiger partial charge >= 0.3 is 0 Å². The number of likely N-dealkylation sites (tertiary alicyclic amines) is 1. The molecular formula is C28H26N2O4. The average Bonchev–Trinajstić information content (AvgIpc) is 3.24. The molecule has 1 aromatic heterocycles. The van der Waals surface area contributed by atoms with Crippen molar-refractivity contribution in [1.82, 2.24) is 4.90 Å². The number of para-hydroxylation sites is 1. The molecule has 0 aliphatic carbocycles. The fourth-order valence-corrected chi connectivity index (χ4v) is 4.45. The van der Waals surface area contributed by atoms with Crippen LogP contribution in [0, 0.1) is 5.92 Å². The molecule has 6 heteroatoms. The molecule has 6 nitrogen and oxygen atoms in total. The second-order valence-corrected chi connectivity index (χ2v) is 8.48. The lowest BCUT2D eigenvalue weighted by Crippen LogP contribution is -2.40. The zero-order valence-electron chi connectivity index (χ0n) is 19.0. The van der Waals surface area contributed by atoms with Crippen molar-refractivity contribution in [1.29, 1.82) is 0 Å². The van der Waals surface area contributed by atoms with Crippen molar-refractivity contribution in [2.45, 2.75) is 12.8 Å². The number of fused-ring (bicyclic) bond motifs is 3. The Labute approximate surface area is 197 Å². The Hall–Kier alpha value is -4.06. The molecule has 1 aliphatic rings. The molecule has 0 atom stereocenters. The van der Waals surface area contributed by atoms with Crippen LogP contribution in [0.15, 0.2) is 77.2 Å². The number of hydrogen-bond acceptors (Lipinski definition) is 4. The molecular weight excluding hydrogens is 428 g/mol. The molecule has 172 valence electrons. The van der Waals surface area contributed by atoms with E-state index < -0.39 is 0 Å². The number of nitrogens with one attached hydrogen (secondary N) is 1. The van der Waals surface area contributed by atoms with Crippen LogP contribution in [-0.2, 0) is 9.59 Å². The van der Waals surface area contributed by atoms with Crippen LogP contribution in [0.5, 0.6) is 5.75 Å². The summed E-state index contributed by atoms with van der Waals surface area (Å²) in [5, 5.41) is 4.97. The molecule has 5 rings (SSSR count). The highest BCUT2D eigenvalue weighted by molar-refractivity contribution is 6.08. The van der Waals surface area contributed by atoms with Gasteiger partial charge in [0, 0.05) is 41.9 Å². The van der Waals surface area contributed by atoms with Crippen molar-refractivity contribution in [2.24, 2.45) is 5.92 Å². The van der Waals surface area contributed by atoms with Gasteiger partial charge in [0.2, 0.25) is 11.8 Å². The predicted molar refractivity (Wildman–Crippen MR) is 134 cm³/mol. The van der Waals surface area contributed by atoms with Crippen molar-refractivity contribution < 1.29 is 18.7 Å². The predicted octanol–water partition coefficient (Wildman–Crippen LogP) is 5.49. The van der Waals surface area contributed by atoms with Crippen LogP contribution in [-0.4, -0.2) is 36.9 Å². The summed E-state index contributed by atoms with van der Waals surface area (Å²) in [6.45, 7) is 1.10. The van der Waals surface area contributed by atoms with Crippen molar-refractivity contribution >= 4 is 45.5 Å². The normalized spacial score (nSPS) is 14.7. The first kappa shape index (κ1) is 21.8. The number of rotatable bonds is 5. The monoisotopic (exact) mass is 454 g/mol. The Kier molecular flexibility index (Phi) is 6.04. The summed E-state index contributed by atoms with van der Waals surface area (Å²) in [4.78, 5) is 27.3. The molecule has 1 fully saturated rings. The summed E-state index contributed by atoms with van der Waals surface area (Å²) in [6, 6.07) is 21.3. The number of nitrogens with zero attached hydrogens (tertiary/aromatic N) is 1. The number of piperidine rings is 1. The largest absolute Gasteiger partial charge is 0.495 e. The van der Waals surface area contributed by atoms with Crippen LogP contribution in [0.4, 0.5) is 5.69 Å². The summed E-state index contributed by atoms with van der Waals surface area (Å²) in [7, 11) is 1.59. The Bertz CT molecular complexity index is 1370. The van der Waals surface area contributed by atoms with E-state index in [1.165, 1.54) is 0 Å². The number of anilines is 1. The highest BCUT2D eigenvalue weighted by Crippen LogP contribution is 2.36. The standard InChI is InChI=1S/C28H26N2O4/c1-33-26-17-22-21-9-5-6-10-24(21)34-25(22)18-23(26)29-28(32)20-13-15-30(16-14-20)27(31)12-11-19-7-3-2-4-8-19/h2-12,17-18,20H,13-16H2,1H3,(H,29,32)/b12-11+. The van der Waals surface area contributed by atoms with Gasteiger partial charge in [-0.25, -0.2) is 0 Å². The third-order valence-electron chi connectivity index (χ3n) is 6.35. The van der Waals surface area contributed by atoms with Gasteiger partial charge in [0.15, 0.2) is 0 Å². The van der Waals surface area contributed by atoms with E-state index in [0.717, 1.165) is 21.9 Å². The van der Waals surface area contributed by atoms with Crippen LogP contribution < -0.4 is 10.1 Å². The molecule has 34 heavy (non-hydrogen) atoms. The van der Waals surface area contributed by atoms with Crippen LogP contribution in [0.25, 0.3) is 28.0 Å². The number of benzene rings is 3. The minimum Gasteiger partial charge on any atom is -0.495 e. The third-order valence-corrected chi connectivity index (χ3v) is 6.35. The zero-order chi connectivity index (χ0) is 23.5. The Morgan fingerprint density at radius 2 is 1.71 bits per heavy atom. The minimum atomic E-state index is -0.168. The lowest BCUT2D eigenvalue weighted by atomic mass is 9.95. The molecule has 2 amide bonds. The summed E-state index contributed by atoms with van der Waals surface area (Å²) in [6.07, 6.45) is 4.66. The molecule has 4 aromatic rings. The second-order valence-electron chi connectivity index (χ2n) is 8.48. The maximum absolute atomic E-state index is 13.0. The molecule has 0 bridgehead atoms. The van der Waals surface area contributed by atoms with Crippen LogP contribution in [0.1, 0.15) is 18.4 Å².